The Morgan fingerprint density at radius 2 is 1.73 bits per heavy atom. The van der Waals surface area contributed by atoms with Gasteiger partial charge in [0.05, 0.1) is 17.0 Å². The Balaban J connectivity index is 1.31. The van der Waals surface area contributed by atoms with Gasteiger partial charge in [-0.1, -0.05) is 32.1 Å². The van der Waals surface area contributed by atoms with Crippen LogP contribution in [-0.2, 0) is 19.4 Å². The molecule has 1 atom stereocenters. The van der Waals surface area contributed by atoms with Gasteiger partial charge in [0.15, 0.2) is 26.8 Å². The van der Waals surface area contributed by atoms with Crippen molar-refractivity contribution in [1.82, 2.24) is 19.5 Å². The lowest BCUT2D eigenvalue weighted by Crippen LogP contribution is -2.23. The molecule has 1 unspecified atom stereocenters. The number of amides is 1. The topological polar surface area (TPSA) is 154 Å². The molecule has 41 heavy (non-hydrogen) atoms. The number of hydrogen-bond acceptors (Lipinski definition) is 9. The van der Waals surface area contributed by atoms with Crippen LogP contribution in [0.2, 0.25) is 0 Å². The van der Waals surface area contributed by atoms with Crippen LogP contribution in [0, 0.1) is 0 Å². The molecule has 1 saturated carbocycles. The Morgan fingerprint density at radius 3 is 2.46 bits per heavy atom. The summed E-state index contributed by atoms with van der Waals surface area (Å²) in [5, 5.41) is 6.89. The van der Waals surface area contributed by atoms with E-state index in [4.69, 9.17) is 20.4 Å². The summed E-state index contributed by atoms with van der Waals surface area (Å²) in [5.74, 6) is 0.866. The predicted molar refractivity (Wildman–Crippen MR) is 159 cm³/mol. The van der Waals surface area contributed by atoms with Gasteiger partial charge in [0.1, 0.15) is 6.23 Å². The summed E-state index contributed by atoms with van der Waals surface area (Å²) < 4.78 is 33.7. The summed E-state index contributed by atoms with van der Waals surface area (Å²) in [6, 6.07) is 7.06. The van der Waals surface area contributed by atoms with E-state index < -0.39 is 9.84 Å². The number of rotatable bonds is 13. The number of sulfone groups is 1. The Hall–Kier alpha value is -3.25. The molecule has 3 heterocycles. The number of nitrogens with zero attached hydrogens (tertiary/aromatic N) is 4. The van der Waals surface area contributed by atoms with Gasteiger partial charge in [-0.25, -0.2) is 13.4 Å². The number of imidazole rings is 1. The van der Waals surface area contributed by atoms with Crippen molar-refractivity contribution < 1.29 is 17.9 Å². The number of ether oxygens (including phenoxy) is 1. The van der Waals surface area contributed by atoms with Gasteiger partial charge in [-0.3, -0.25) is 9.36 Å². The first-order chi connectivity index (χ1) is 19.9. The van der Waals surface area contributed by atoms with E-state index in [1.54, 1.807) is 30.6 Å². The van der Waals surface area contributed by atoms with Crippen LogP contribution in [0.3, 0.4) is 0 Å². The monoisotopic (exact) mass is 583 g/mol. The number of benzene rings is 1. The molecule has 0 spiro atoms. The maximum Gasteiger partial charge on any atom is 0.231 e. The fourth-order valence-corrected chi connectivity index (χ4v) is 6.98. The average molecular weight is 584 g/mol. The van der Waals surface area contributed by atoms with Crippen LogP contribution in [0.5, 0.6) is 0 Å². The highest BCUT2D eigenvalue weighted by Gasteiger charge is 2.23. The van der Waals surface area contributed by atoms with Crippen molar-refractivity contribution in [3.05, 3.63) is 30.6 Å². The summed E-state index contributed by atoms with van der Waals surface area (Å²) in [7, 11) is -3.40. The number of carbonyl (C=O) groups excluding carboxylic acids is 1. The Bertz CT molecular complexity index is 1410. The molecule has 2 aliphatic rings. The van der Waals surface area contributed by atoms with Crippen LogP contribution in [0.15, 0.2) is 35.5 Å². The zero-order valence-electron chi connectivity index (χ0n) is 23.6. The standard InChI is InChI=1S/C29H41N7O4S/c30-24(37)12-6-1-2-9-19-41(38,39)23-16-14-22(15-17-23)33-29-34-27(32-21-10-4-3-5-11-21)26-28(35-29)36(20-31-26)25-13-7-8-18-40-25/h14-17,20-21,25H,1-13,18-19H2,(H2,30,37)(H2,32,33,34,35). The maximum atomic E-state index is 12.8. The van der Waals surface area contributed by atoms with E-state index in [-0.39, 0.29) is 22.8 Å². The molecule has 222 valence electrons. The number of unbranched alkanes of at least 4 members (excludes halogenated alkanes) is 3. The van der Waals surface area contributed by atoms with Gasteiger partial charge in [0, 0.05) is 24.8 Å². The number of anilines is 3. The fraction of sp³-hybridized carbons (Fsp3) is 0.586. The van der Waals surface area contributed by atoms with Crippen molar-refractivity contribution >= 4 is 44.4 Å². The van der Waals surface area contributed by atoms with Crippen molar-refractivity contribution in [1.29, 1.82) is 0 Å². The normalized spacial score (nSPS) is 18.4. The molecule has 1 aliphatic heterocycles. The number of nitrogens with one attached hydrogen (secondary N) is 2. The second-order valence-corrected chi connectivity index (χ2v) is 13.2. The quantitative estimate of drug-likeness (QED) is 0.230. The zero-order valence-corrected chi connectivity index (χ0v) is 24.4. The average Bonchev–Trinajstić information content (AvgIpc) is 3.40. The van der Waals surface area contributed by atoms with Gasteiger partial charge >= 0.3 is 0 Å². The van der Waals surface area contributed by atoms with E-state index in [0.717, 1.165) is 57.1 Å². The smallest absolute Gasteiger partial charge is 0.231 e. The fourth-order valence-electron chi connectivity index (χ4n) is 5.60. The van der Waals surface area contributed by atoms with E-state index in [9.17, 15) is 13.2 Å². The van der Waals surface area contributed by atoms with E-state index in [1.165, 1.54) is 19.3 Å². The number of carbonyl (C=O) groups is 1. The van der Waals surface area contributed by atoms with Gasteiger partial charge in [-0.05, 0) is 69.2 Å². The van der Waals surface area contributed by atoms with Crippen LogP contribution >= 0.6 is 0 Å². The van der Waals surface area contributed by atoms with Crippen molar-refractivity contribution in [3.63, 3.8) is 0 Å². The molecule has 2 aromatic heterocycles. The predicted octanol–water partition coefficient (Wildman–Crippen LogP) is 5.22. The molecular formula is C29H41N7O4S. The molecule has 1 aliphatic carbocycles. The molecule has 1 aromatic carbocycles. The second kappa shape index (κ2) is 13.6. The Morgan fingerprint density at radius 1 is 0.976 bits per heavy atom. The highest BCUT2D eigenvalue weighted by Crippen LogP contribution is 2.31. The second-order valence-electron chi connectivity index (χ2n) is 11.1. The number of fused-ring (bicyclic) bond motifs is 1. The minimum absolute atomic E-state index is 0.0690. The molecule has 4 N–H and O–H groups in total. The van der Waals surface area contributed by atoms with Gasteiger partial charge < -0.3 is 21.1 Å². The number of hydrogen-bond donors (Lipinski definition) is 3. The van der Waals surface area contributed by atoms with Crippen molar-refractivity contribution in [2.75, 3.05) is 23.0 Å². The van der Waals surface area contributed by atoms with Gasteiger partial charge in [-0.15, -0.1) is 0 Å². The van der Waals surface area contributed by atoms with Crippen molar-refractivity contribution in [2.45, 2.75) is 101 Å². The van der Waals surface area contributed by atoms with Gasteiger partial charge in [0.25, 0.3) is 0 Å². The SMILES string of the molecule is NC(=O)CCCCCCS(=O)(=O)c1ccc(Nc2nc(NC3CCCCC3)c3ncn(C4CCCCO4)c3n2)cc1. The molecule has 0 bridgehead atoms. The first-order valence-corrected chi connectivity index (χ1v) is 16.6. The Labute approximate surface area is 241 Å². The van der Waals surface area contributed by atoms with E-state index >= 15 is 0 Å². The highest BCUT2D eigenvalue weighted by molar-refractivity contribution is 7.91. The molecule has 2 fully saturated rings. The summed E-state index contributed by atoms with van der Waals surface area (Å²) in [6.07, 6.45) is 13.7. The number of nitrogens with two attached hydrogens (primary N) is 1. The van der Waals surface area contributed by atoms with E-state index in [1.807, 2.05) is 4.57 Å². The first kappa shape index (κ1) is 29.2. The zero-order chi connectivity index (χ0) is 28.7. The lowest BCUT2D eigenvalue weighted by Gasteiger charge is -2.25. The molecular weight excluding hydrogens is 542 g/mol. The third-order valence-corrected chi connectivity index (χ3v) is 9.71. The van der Waals surface area contributed by atoms with Crippen LogP contribution in [0.4, 0.5) is 17.5 Å². The molecule has 0 radical (unpaired) electrons. The first-order valence-electron chi connectivity index (χ1n) is 14.9. The molecule has 11 nitrogen and oxygen atoms in total. The van der Waals surface area contributed by atoms with Crippen LogP contribution < -0.4 is 16.4 Å². The van der Waals surface area contributed by atoms with E-state index in [0.29, 0.717) is 48.4 Å². The summed E-state index contributed by atoms with van der Waals surface area (Å²) in [5.41, 5.74) is 7.29. The molecule has 5 rings (SSSR count). The third kappa shape index (κ3) is 7.73. The molecule has 1 saturated heterocycles. The largest absolute Gasteiger partial charge is 0.370 e. The Kier molecular flexibility index (Phi) is 9.71. The van der Waals surface area contributed by atoms with Crippen molar-refractivity contribution in [3.8, 4) is 0 Å². The lowest BCUT2D eigenvalue weighted by atomic mass is 9.95. The molecule has 3 aromatic rings. The van der Waals surface area contributed by atoms with Gasteiger partial charge in [0.2, 0.25) is 11.9 Å². The molecule has 12 heteroatoms. The van der Waals surface area contributed by atoms with Crippen LogP contribution in [0.25, 0.3) is 11.2 Å². The van der Waals surface area contributed by atoms with Crippen molar-refractivity contribution in [2.24, 2.45) is 5.73 Å². The highest BCUT2D eigenvalue weighted by atomic mass is 32.2. The van der Waals surface area contributed by atoms with Gasteiger partial charge in [-0.2, -0.15) is 9.97 Å². The third-order valence-electron chi connectivity index (χ3n) is 7.89. The van der Waals surface area contributed by atoms with Crippen LogP contribution in [-0.4, -0.2) is 52.2 Å². The molecule has 1 amide bonds. The minimum atomic E-state index is -3.40. The number of aromatic nitrogens is 4. The number of primary amides is 1. The maximum absolute atomic E-state index is 12.8. The summed E-state index contributed by atoms with van der Waals surface area (Å²) in [4.78, 5) is 25.4. The summed E-state index contributed by atoms with van der Waals surface area (Å²) >= 11 is 0. The minimum Gasteiger partial charge on any atom is -0.370 e. The summed E-state index contributed by atoms with van der Waals surface area (Å²) in [6.45, 7) is 0.720. The lowest BCUT2D eigenvalue weighted by molar-refractivity contribution is -0.118. The van der Waals surface area contributed by atoms with E-state index in [2.05, 4.69) is 15.6 Å². The van der Waals surface area contributed by atoms with Crippen LogP contribution in [0.1, 0.15) is 89.7 Å².